The lowest BCUT2D eigenvalue weighted by molar-refractivity contribution is 0.308. The van der Waals surface area contributed by atoms with Gasteiger partial charge in [-0.15, -0.1) is 0 Å². The second-order valence-corrected chi connectivity index (χ2v) is 7.03. The van der Waals surface area contributed by atoms with Gasteiger partial charge in [-0.25, -0.2) is 4.39 Å². The molecule has 0 bridgehead atoms. The van der Waals surface area contributed by atoms with Gasteiger partial charge in [0.1, 0.15) is 0 Å². The van der Waals surface area contributed by atoms with Crippen LogP contribution in [0.15, 0.2) is 48.6 Å². The van der Waals surface area contributed by atoms with Crippen molar-refractivity contribution in [3.63, 3.8) is 0 Å². The van der Waals surface area contributed by atoms with Gasteiger partial charge in [0.15, 0.2) is 0 Å². The summed E-state index contributed by atoms with van der Waals surface area (Å²) in [7, 11) is -1.14. The van der Waals surface area contributed by atoms with Crippen molar-refractivity contribution in [2.45, 2.75) is 19.8 Å². The Morgan fingerprint density at radius 3 is 2.56 bits per heavy atom. The van der Waals surface area contributed by atoms with Crippen LogP contribution in [-0.2, 0) is 4.74 Å². The molecule has 0 spiro atoms. The zero-order valence-corrected chi connectivity index (χ0v) is 12.6. The summed E-state index contributed by atoms with van der Waals surface area (Å²) in [5.41, 5.74) is 0.794. The van der Waals surface area contributed by atoms with Crippen LogP contribution in [0.5, 0.6) is 0 Å². The summed E-state index contributed by atoms with van der Waals surface area (Å²) >= 11 is 6.04. The number of hydrogen-bond donors (Lipinski definition) is 0. The van der Waals surface area contributed by atoms with Crippen LogP contribution in [0, 0.1) is 0 Å². The average Bonchev–Trinajstić information content (AvgIpc) is 2.30. The van der Waals surface area contributed by atoms with Gasteiger partial charge in [0.05, 0.1) is 17.9 Å². The van der Waals surface area contributed by atoms with Crippen molar-refractivity contribution >= 4 is 24.6 Å². The van der Waals surface area contributed by atoms with Gasteiger partial charge in [-0.1, -0.05) is 56.8 Å². The third kappa shape index (κ3) is 7.71. The smallest absolute Gasteiger partial charge is 0.0951 e. The van der Waals surface area contributed by atoms with Crippen LogP contribution >= 0.6 is 19.1 Å². The Balaban J connectivity index is 4.96. The monoisotopic (exact) mass is 290 g/mol. The Hall–Kier alpha value is -0.560. The number of hydrogen-bond acceptors (Lipinski definition) is 1. The topological polar surface area (TPSA) is 9.23 Å². The molecule has 18 heavy (non-hydrogen) atoms. The molecule has 1 atom stereocenters. The Bertz CT molecular complexity index is 372. The van der Waals surface area contributed by atoms with E-state index in [1.54, 1.807) is 12.2 Å². The first-order valence-corrected chi connectivity index (χ1v) is 7.94. The average molecular weight is 291 g/mol. The molecule has 4 heteroatoms. The van der Waals surface area contributed by atoms with E-state index in [2.05, 4.69) is 26.7 Å². The van der Waals surface area contributed by atoms with Gasteiger partial charge < -0.3 is 4.74 Å². The lowest BCUT2D eigenvalue weighted by Crippen LogP contribution is -2.04. The van der Waals surface area contributed by atoms with Gasteiger partial charge in [0, 0.05) is 11.2 Å². The molecule has 0 saturated heterocycles. The third-order valence-electron chi connectivity index (χ3n) is 2.14. The van der Waals surface area contributed by atoms with Crippen molar-refractivity contribution in [2.24, 2.45) is 0 Å². The minimum Gasteiger partial charge on any atom is -0.346 e. The number of halogens is 2. The van der Waals surface area contributed by atoms with Crippen molar-refractivity contribution in [1.29, 1.82) is 0 Å². The fraction of sp³-hybridized carbons (Fsp3) is 0.357. The molecule has 0 aliphatic carbocycles. The minimum atomic E-state index is -1.14. The molecule has 0 aliphatic heterocycles. The second-order valence-electron chi connectivity index (χ2n) is 3.71. The molecule has 0 N–H and O–H groups in total. The molecule has 1 unspecified atom stereocenters. The van der Waals surface area contributed by atoms with E-state index in [1.165, 1.54) is 0 Å². The van der Waals surface area contributed by atoms with Gasteiger partial charge in [0.25, 0.3) is 0 Å². The first-order valence-electron chi connectivity index (χ1n) is 5.86. The van der Waals surface area contributed by atoms with E-state index < -0.39 is 7.55 Å². The highest BCUT2D eigenvalue weighted by Gasteiger charge is 2.06. The van der Waals surface area contributed by atoms with E-state index in [9.17, 15) is 4.39 Å². The highest BCUT2D eigenvalue weighted by molar-refractivity contribution is 7.65. The van der Waals surface area contributed by atoms with Gasteiger partial charge >= 0.3 is 0 Å². The van der Waals surface area contributed by atoms with Crippen molar-refractivity contribution < 1.29 is 9.13 Å². The molecule has 0 rings (SSSR count). The molecule has 0 aliphatic rings. The molecule has 0 aromatic rings. The molecule has 0 aromatic heterocycles. The zero-order valence-electron chi connectivity index (χ0n) is 10.8. The maximum absolute atomic E-state index is 12.6. The number of allylic oxidation sites excluding steroid dienone is 2. The van der Waals surface area contributed by atoms with Crippen molar-refractivity contribution in [3.8, 4) is 0 Å². The molecule has 0 radical (unpaired) electrons. The van der Waals surface area contributed by atoms with E-state index in [-0.39, 0.29) is 18.9 Å². The van der Waals surface area contributed by atoms with Crippen LogP contribution in [0.4, 0.5) is 4.39 Å². The molecule has 1 nitrogen and oxygen atoms in total. The van der Waals surface area contributed by atoms with Gasteiger partial charge in [0.2, 0.25) is 0 Å². The Kier molecular flexibility index (Phi) is 10.0. The maximum atomic E-state index is 12.6. The zero-order chi connectivity index (χ0) is 14.0. The highest BCUT2D eigenvalue weighted by atomic mass is 35.5. The summed E-state index contributed by atoms with van der Waals surface area (Å²) < 4.78 is 18.8. The van der Waals surface area contributed by atoms with Crippen LogP contribution in [0.25, 0.3) is 0 Å². The van der Waals surface area contributed by atoms with E-state index in [4.69, 9.17) is 16.3 Å². The largest absolute Gasteiger partial charge is 0.346 e. The van der Waals surface area contributed by atoms with E-state index in [0.29, 0.717) is 4.77 Å². The van der Waals surface area contributed by atoms with Crippen molar-refractivity contribution in [3.05, 3.63) is 48.6 Å². The molecule has 0 heterocycles. The lowest BCUT2D eigenvalue weighted by Gasteiger charge is -2.12. The minimum absolute atomic E-state index is 0.196. The predicted molar refractivity (Wildman–Crippen MR) is 83.6 cm³/mol. The van der Waals surface area contributed by atoms with Crippen LogP contribution < -0.4 is 0 Å². The quantitative estimate of drug-likeness (QED) is 0.425. The van der Waals surface area contributed by atoms with Crippen molar-refractivity contribution in [1.82, 2.24) is 0 Å². The molecule has 0 fully saturated rings. The van der Waals surface area contributed by atoms with Gasteiger partial charge in [-0.05, 0) is 19.8 Å². The Morgan fingerprint density at radius 1 is 1.44 bits per heavy atom. The van der Waals surface area contributed by atoms with Crippen LogP contribution in [0.2, 0.25) is 0 Å². The van der Waals surface area contributed by atoms with Crippen molar-refractivity contribution in [2.75, 3.05) is 12.8 Å². The standard InChI is InChI=1S/C14H21ClFOP/c1-5-7-8-14(17-10-9-12(3)16)18(11-6-2)13(4)15/h5,7-8,18H,1,3-4,6,9-11H2,2H3/b8-7-. The fourth-order valence-electron chi connectivity index (χ4n) is 1.31. The molecule has 0 saturated carbocycles. The predicted octanol–water partition coefficient (Wildman–Crippen LogP) is 5.08. The van der Waals surface area contributed by atoms with Crippen LogP contribution in [0.1, 0.15) is 19.8 Å². The van der Waals surface area contributed by atoms with E-state index in [1.807, 2.05) is 6.08 Å². The van der Waals surface area contributed by atoms with Crippen LogP contribution in [-0.4, -0.2) is 18.2 Å². The number of ether oxygens (including phenoxy) is 1. The number of rotatable bonds is 9. The first-order chi connectivity index (χ1) is 8.52. The van der Waals surface area contributed by atoms with Gasteiger partial charge in [-0.3, -0.25) is 0 Å². The molecule has 0 amide bonds. The fourth-order valence-corrected chi connectivity index (χ4v) is 3.73. The highest BCUT2D eigenvalue weighted by Crippen LogP contribution is 2.38. The summed E-state index contributed by atoms with van der Waals surface area (Å²) in [4.78, 5) is 0. The molecular formula is C14H21ClFOP. The molecule has 0 aromatic carbocycles. The SMILES string of the molecule is C=C/C=C\C(OCCC(=C)F)=[PH](\CCC)C(=C)Cl. The maximum Gasteiger partial charge on any atom is 0.0951 e. The van der Waals surface area contributed by atoms with E-state index in [0.717, 1.165) is 18.1 Å². The first kappa shape index (κ1) is 17.4. The summed E-state index contributed by atoms with van der Waals surface area (Å²) in [6, 6.07) is 0. The third-order valence-corrected chi connectivity index (χ3v) is 5.38. The molecular weight excluding hydrogens is 270 g/mol. The Labute approximate surface area is 115 Å². The summed E-state index contributed by atoms with van der Waals surface area (Å²) in [6.07, 6.45) is 7.44. The summed E-state index contributed by atoms with van der Waals surface area (Å²) in [5.74, 6) is -0.379. The Morgan fingerprint density at radius 2 is 2.11 bits per heavy atom. The normalized spacial score (nSPS) is 13.4. The molecule has 102 valence electrons. The van der Waals surface area contributed by atoms with Gasteiger partial charge in [-0.2, -0.15) is 0 Å². The second kappa shape index (κ2) is 10.4. The van der Waals surface area contributed by atoms with Crippen LogP contribution in [0.3, 0.4) is 0 Å². The lowest BCUT2D eigenvalue weighted by atomic mass is 10.4. The van der Waals surface area contributed by atoms with E-state index >= 15 is 0 Å². The summed E-state index contributed by atoms with van der Waals surface area (Å²) in [5, 5.41) is 0. The summed E-state index contributed by atoms with van der Waals surface area (Å²) in [6.45, 7) is 13.0.